The highest BCUT2D eigenvalue weighted by Crippen LogP contribution is 2.25. The molecule has 3 N–H and O–H groups in total. The van der Waals surface area contributed by atoms with Crippen molar-refractivity contribution in [1.29, 1.82) is 0 Å². The lowest BCUT2D eigenvalue weighted by molar-refractivity contribution is -0.114. The Morgan fingerprint density at radius 3 is 2.52 bits per heavy atom. The average Bonchev–Trinajstić information content (AvgIpc) is 2.45. The molecule has 0 aliphatic heterocycles. The molecule has 0 saturated heterocycles. The highest BCUT2D eigenvalue weighted by molar-refractivity contribution is 5.97. The Balaban J connectivity index is 2.16. The average molecular weight is 279 g/mol. The van der Waals surface area contributed by atoms with E-state index in [4.69, 9.17) is 5.84 Å². The number of nitrogens with two attached hydrogens (primary N) is 1. The lowest BCUT2D eigenvalue weighted by atomic mass is 10.1. The predicted octanol–water partition coefficient (Wildman–Crippen LogP) is 3.30. The van der Waals surface area contributed by atoms with Crippen LogP contribution in [0.3, 0.4) is 0 Å². The summed E-state index contributed by atoms with van der Waals surface area (Å²) in [7, 11) is 0. The third kappa shape index (κ3) is 2.64. The van der Waals surface area contributed by atoms with Crippen molar-refractivity contribution in [3.8, 4) is 0 Å². The fourth-order valence-electron chi connectivity index (χ4n) is 2.22. The molecule has 3 rings (SSSR count). The molecule has 1 amide bonds. The largest absolute Gasteiger partial charge is 0.326 e. The van der Waals surface area contributed by atoms with Gasteiger partial charge in [0.2, 0.25) is 5.91 Å². The van der Waals surface area contributed by atoms with Crippen LogP contribution in [0.2, 0.25) is 0 Å². The third-order valence-electron chi connectivity index (χ3n) is 3.09. The molecule has 1 aromatic heterocycles. The molecule has 0 unspecified atom stereocenters. The number of amides is 1. The number of hydrogen-bond acceptors (Lipinski definition) is 4. The molecule has 0 fully saturated rings. The van der Waals surface area contributed by atoms with Gasteiger partial charge in [-0.3, -0.25) is 4.79 Å². The first kappa shape index (κ1) is 13.0. The van der Waals surface area contributed by atoms with E-state index in [1.807, 2.05) is 42.5 Å². The van der Waals surface area contributed by atoms with E-state index in [2.05, 4.69) is 20.6 Å². The standard InChI is InChI=1S/C15H13N5O/c1-9(21)17-12-4-2-10-6-11-3-5-13(19-20-16)8-15(11)18-14(10)7-12/h2-8H,1H3,(H2,16,19)(H,17,21). The SMILES string of the molecule is CC(=O)Nc1ccc2cc3ccc(N=NN)cc3nc2c1. The van der Waals surface area contributed by atoms with Crippen LogP contribution in [0.15, 0.2) is 52.8 Å². The molecule has 6 nitrogen and oxygen atoms in total. The highest BCUT2D eigenvalue weighted by Gasteiger charge is 2.03. The van der Waals surface area contributed by atoms with Gasteiger partial charge in [0.1, 0.15) is 0 Å². The maximum atomic E-state index is 11.1. The minimum Gasteiger partial charge on any atom is -0.326 e. The molecule has 0 spiro atoms. The summed E-state index contributed by atoms with van der Waals surface area (Å²) in [6.45, 7) is 1.47. The van der Waals surface area contributed by atoms with Crippen molar-refractivity contribution >= 4 is 39.1 Å². The molecule has 104 valence electrons. The molecule has 0 radical (unpaired) electrons. The number of carbonyl (C=O) groups excluding carboxylic acids is 1. The summed E-state index contributed by atoms with van der Waals surface area (Å²) >= 11 is 0. The van der Waals surface area contributed by atoms with Gasteiger partial charge in [-0.2, -0.15) is 0 Å². The first-order valence-corrected chi connectivity index (χ1v) is 6.39. The zero-order valence-electron chi connectivity index (χ0n) is 11.4. The van der Waals surface area contributed by atoms with Crippen LogP contribution in [0.5, 0.6) is 0 Å². The lowest BCUT2D eigenvalue weighted by Gasteiger charge is -2.05. The van der Waals surface area contributed by atoms with Gasteiger partial charge in [0, 0.05) is 23.4 Å². The normalized spacial score (nSPS) is 11.3. The monoisotopic (exact) mass is 279 g/mol. The summed E-state index contributed by atoms with van der Waals surface area (Å²) in [5, 5.41) is 11.8. The van der Waals surface area contributed by atoms with E-state index in [-0.39, 0.29) is 5.91 Å². The van der Waals surface area contributed by atoms with Crippen LogP contribution in [0.1, 0.15) is 6.92 Å². The van der Waals surface area contributed by atoms with Crippen molar-refractivity contribution in [3.63, 3.8) is 0 Å². The van der Waals surface area contributed by atoms with E-state index in [9.17, 15) is 4.79 Å². The Hall–Kier alpha value is -3.02. The molecule has 2 aromatic carbocycles. The third-order valence-corrected chi connectivity index (χ3v) is 3.09. The van der Waals surface area contributed by atoms with E-state index in [1.54, 1.807) is 0 Å². The summed E-state index contributed by atoms with van der Waals surface area (Å²) in [6, 6.07) is 13.2. The Kier molecular flexibility index (Phi) is 3.19. The molecule has 0 bridgehead atoms. The van der Waals surface area contributed by atoms with Gasteiger partial charge in [0.15, 0.2) is 0 Å². The number of rotatable bonds is 2. The second-order valence-electron chi connectivity index (χ2n) is 4.67. The van der Waals surface area contributed by atoms with Crippen LogP contribution in [-0.4, -0.2) is 10.9 Å². The summed E-state index contributed by atoms with van der Waals surface area (Å²) in [4.78, 5) is 15.7. The summed E-state index contributed by atoms with van der Waals surface area (Å²) < 4.78 is 0. The van der Waals surface area contributed by atoms with Gasteiger partial charge in [0.05, 0.1) is 16.7 Å². The van der Waals surface area contributed by atoms with Gasteiger partial charge in [-0.25, -0.2) is 4.98 Å². The van der Waals surface area contributed by atoms with E-state index >= 15 is 0 Å². The van der Waals surface area contributed by atoms with E-state index < -0.39 is 0 Å². The van der Waals surface area contributed by atoms with Gasteiger partial charge < -0.3 is 11.2 Å². The molecule has 0 aliphatic carbocycles. The van der Waals surface area contributed by atoms with Crippen molar-refractivity contribution in [1.82, 2.24) is 4.98 Å². The van der Waals surface area contributed by atoms with Gasteiger partial charge >= 0.3 is 0 Å². The van der Waals surface area contributed by atoms with Crippen LogP contribution in [0, 0.1) is 0 Å². The zero-order chi connectivity index (χ0) is 14.8. The molecular formula is C15H13N5O. The maximum absolute atomic E-state index is 11.1. The fraction of sp³-hybridized carbons (Fsp3) is 0.0667. The number of aromatic nitrogens is 1. The van der Waals surface area contributed by atoms with Crippen molar-refractivity contribution < 1.29 is 4.79 Å². The Bertz CT molecular complexity index is 872. The molecule has 6 heteroatoms. The number of nitrogens with zero attached hydrogens (tertiary/aromatic N) is 3. The number of anilines is 1. The highest BCUT2D eigenvalue weighted by atomic mass is 16.1. The Labute approximate surface area is 120 Å². The lowest BCUT2D eigenvalue weighted by Crippen LogP contribution is -2.05. The molecule has 0 saturated carbocycles. The van der Waals surface area contributed by atoms with Crippen molar-refractivity contribution in [3.05, 3.63) is 42.5 Å². The van der Waals surface area contributed by atoms with Crippen molar-refractivity contribution in [2.24, 2.45) is 16.2 Å². The first-order chi connectivity index (χ1) is 10.2. The molecular weight excluding hydrogens is 266 g/mol. The minimum absolute atomic E-state index is 0.110. The summed E-state index contributed by atoms with van der Waals surface area (Å²) in [5.74, 6) is 4.95. The van der Waals surface area contributed by atoms with Crippen LogP contribution >= 0.6 is 0 Å². The maximum Gasteiger partial charge on any atom is 0.221 e. The van der Waals surface area contributed by atoms with Gasteiger partial charge in [0.25, 0.3) is 0 Å². The number of carbonyl (C=O) groups is 1. The van der Waals surface area contributed by atoms with Gasteiger partial charge in [-0.1, -0.05) is 17.4 Å². The quantitative estimate of drug-likeness (QED) is 0.326. The molecule has 3 aromatic rings. The number of pyridine rings is 1. The number of fused-ring (bicyclic) bond motifs is 2. The molecule has 0 aliphatic rings. The van der Waals surface area contributed by atoms with E-state index in [0.717, 1.165) is 27.5 Å². The van der Waals surface area contributed by atoms with Crippen molar-refractivity contribution in [2.45, 2.75) is 6.92 Å². The smallest absolute Gasteiger partial charge is 0.221 e. The van der Waals surface area contributed by atoms with Crippen molar-refractivity contribution in [2.75, 3.05) is 5.32 Å². The molecule has 0 atom stereocenters. The van der Waals surface area contributed by atoms with Crippen LogP contribution in [0.4, 0.5) is 11.4 Å². The van der Waals surface area contributed by atoms with Crippen LogP contribution in [0.25, 0.3) is 21.8 Å². The van der Waals surface area contributed by atoms with Crippen LogP contribution in [-0.2, 0) is 4.79 Å². The summed E-state index contributed by atoms with van der Waals surface area (Å²) in [6.07, 6.45) is 0. The minimum atomic E-state index is -0.110. The molecule has 1 heterocycles. The number of nitrogens with one attached hydrogen (secondary N) is 1. The fourth-order valence-corrected chi connectivity index (χ4v) is 2.22. The zero-order valence-corrected chi connectivity index (χ0v) is 11.4. The second kappa shape index (κ2) is 5.16. The van der Waals surface area contributed by atoms with Gasteiger partial charge in [-0.15, -0.1) is 5.11 Å². The Morgan fingerprint density at radius 2 is 1.81 bits per heavy atom. The number of benzene rings is 2. The Morgan fingerprint density at radius 1 is 1.10 bits per heavy atom. The topological polar surface area (TPSA) is 92.7 Å². The van der Waals surface area contributed by atoms with Crippen LogP contribution < -0.4 is 11.2 Å². The van der Waals surface area contributed by atoms with E-state index in [0.29, 0.717) is 5.69 Å². The van der Waals surface area contributed by atoms with E-state index in [1.165, 1.54) is 6.92 Å². The first-order valence-electron chi connectivity index (χ1n) is 6.39. The predicted molar refractivity (Wildman–Crippen MR) is 82.3 cm³/mol. The second-order valence-corrected chi connectivity index (χ2v) is 4.67. The molecule has 21 heavy (non-hydrogen) atoms. The number of hydrogen-bond donors (Lipinski definition) is 2. The van der Waals surface area contributed by atoms with Gasteiger partial charge in [-0.05, 0) is 30.3 Å². The summed E-state index contributed by atoms with van der Waals surface area (Å²) in [5.41, 5.74) is 2.97.